The van der Waals surface area contributed by atoms with Crippen molar-refractivity contribution in [1.29, 1.82) is 0 Å². The van der Waals surface area contributed by atoms with Crippen molar-refractivity contribution in [3.05, 3.63) is 64.3 Å². The number of pyridine rings is 1. The second-order valence-electron chi connectivity index (χ2n) is 6.86. The number of hydrogen-bond acceptors (Lipinski definition) is 4. The molecule has 1 aromatic carbocycles. The minimum atomic E-state index is -0.360. The predicted octanol–water partition coefficient (Wildman–Crippen LogP) is 3.54. The Morgan fingerprint density at radius 3 is 2.64 bits per heavy atom. The van der Waals surface area contributed by atoms with E-state index in [0.29, 0.717) is 30.2 Å². The minimum absolute atomic E-state index is 0.218. The maximum absolute atomic E-state index is 11.9. The van der Waals surface area contributed by atoms with Crippen molar-refractivity contribution in [3.8, 4) is 0 Å². The van der Waals surface area contributed by atoms with Crippen LogP contribution in [0.5, 0.6) is 0 Å². The van der Waals surface area contributed by atoms with Crippen molar-refractivity contribution in [2.24, 2.45) is 5.92 Å². The van der Waals surface area contributed by atoms with Gasteiger partial charge in [0.15, 0.2) is 11.2 Å². The van der Waals surface area contributed by atoms with Crippen LogP contribution >= 0.6 is 0 Å². The van der Waals surface area contributed by atoms with Gasteiger partial charge in [0.25, 0.3) is 0 Å². The molecule has 0 aliphatic heterocycles. The Morgan fingerprint density at radius 1 is 1.16 bits per heavy atom. The Balaban J connectivity index is 1.59. The standard InChI is InChI=1S/C20H25N3O2/c1-14(2)13-16-6-8-17(9-7-16)15(3)21-11-12-23-19-18(25-20(23)24)5-4-10-22-19/h4-10,14-15,21H,11-13H2,1-3H3. The van der Waals surface area contributed by atoms with E-state index in [1.54, 1.807) is 22.9 Å². The summed E-state index contributed by atoms with van der Waals surface area (Å²) in [5.41, 5.74) is 3.74. The third-order valence-electron chi connectivity index (χ3n) is 4.33. The van der Waals surface area contributed by atoms with E-state index in [2.05, 4.69) is 55.3 Å². The lowest BCUT2D eigenvalue weighted by atomic mass is 10.00. The first-order valence-corrected chi connectivity index (χ1v) is 8.81. The van der Waals surface area contributed by atoms with Crippen LogP contribution in [0.3, 0.4) is 0 Å². The molecule has 1 N–H and O–H groups in total. The number of fused-ring (bicyclic) bond motifs is 1. The molecule has 2 heterocycles. The zero-order valence-electron chi connectivity index (χ0n) is 15.0. The van der Waals surface area contributed by atoms with E-state index >= 15 is 0 Å². The first kappa shape index (κ1) is 17.4. The summed E-state index contributed by atoms with van der Waals surface area (Å²) in [5.74, 6) is 0.305. The number of nitrogens with zero attached hydrogens (tertiary/aromatic N) is 2. The molecular formula is C20H25N3O2. The van der Waals surface area contributed by atoms with Crippen LogP contribution in [0.15, 0.2) is 51.8 Å². The summed E-state index contributed by atoms with van der Waals surface area (Å²) in [7, 11) is 0. The number of benzene rings is 1. The predicted molar refractivity (Wildman–Crippen MR) is 99.7 cm³/mol. The maximum Gasteiger partial charge on any atom is 0.421 e. The highest BCUT2D eigenvalue weighted by atomic mass is 16.4. The van der Waals surface area contributed by atoms with Crippen LogP contribution < -0.4 is 11.1 Å². The smallest absolute Gasteiger partial charge is 0.406 e. The molecule has 0 spiro atoms. The number of aromatic nitrogens is 2. The third kappa shape index (κ3) is 4.17. The summed E-state index contributed by atoms with van der Waals surface area (Å²) in [6.07, 6.45) is 2.77. The molecule has 5 nitrogen and oxygen atoms in total. The van der Waals surface area contributed by atoms with E-state index < -0.39 is 0 Å². The van der Waals surface area contributed by atoms with Gasteiger partial charge in [0, 0.05) is 25.3 Å². The Labute approximate surface area is 147 Å². The summed E-state index contributed by atoms with van der Waals surface area (Å²) in [5, 5.41) is 3.46. The lowest BCUT2D eigenvalue weighted by Crippen LogP contribution is -2.26. The van der Waals surface area contributed by atoms with Gasteiger partial charge >= 0.3 is 5.76 Å². The molecule has 1 atom stereocenters. The van der Waals surface area contributed by atoms with Crippen molar-refractivity contribution in [2.75, 3.05) is 6.54 Å². The first-order valence-electron chi connectivity index (χ1n) is 8.81. The molecule has 0 bridgehead atoms. The van der Waals surface area contributed by atoms with Crippen LogP contribution in [0, 0.1) is 5.92 Å². The highest BCUT2D eigenvalue weighted by molar-refractivity contribution is 5.67. The van der Waals surface area contributed by atoms with Crippen molar-refractivity contribution in [3.63, 3.8) is 0 Å². The molecule has 2 aromatic heterocycles. The number of hydrogen-bond donors (Lipinski definition) is 1. The van der Waals surface area contributed by atoms with Gasteiger partial charge in [-0.25, -0.2) is 9.78 Å². The van der Waals surface area contributed by atoms with Crippen molar-refractivity contribution >= 4 is 11.2 Å². The van der Waals surface area contributed by atoms with Gasteiger partial charge in [0.05, 0.1) is 0 Å². The maximum atomic E-state index is 11.9. The fourth-order valence-electron chi connectivity index (χ4n) is 3.02. The molecule has 0 aliphatic carbocycles. The summed E-state index contributed by atoms with van der Waals surface area (Å²) >= 11 is 0. The Morgan fingerprint density at radius 2 is 1.92 bits per heavy atom. The van der Waals surface area contributed by atoms with E-state index in [4.69, 9.17) is 4.42 Å². The number of nitrogens with one attached hydrogen (secondary N) is 1. The average molecular weight is 339 g/mol. The number of oxazole rings is 1. The SMILES string of the molecule is CC(C)Cc1ccc(C(C)NCCn2c(=O)oc3cccnc32)cc1. The summed E-state index contributed by atoms with van der Waals surface area (Å²) in [6, 6.07) is 12.5. The van der Waals surface area contributed by atoms with Gasteiger partial charge in [-0.3, -0.25) is 4.57 Å². The molecule has 0 fully saturated rings. The minimum Gasteiger partial charge on any atom is -0.406 e. The largest absolute Gasteiger partial charge is 0.421 e. The average Bonchev–Trinajstić information content (AvgIpc) is 2.90. The third-order valence-corrected chi connectivity index (χ3v) is 4.33. The zero-order valence-corrected chi connectivity index (χ0v) is 15.0. The van der Waals surface area contributed by atoms with E-state index in [0.717, 1.165) is 6.42 Å². The molecule has 3 aromatic rings. The van der Waals surface area contributed by atoms with Gasteiger partial charge in [-0.1, -0.05) is 38.1 Å². The van der Waals surface area contributed by atoms with E-state index in [1.165, 1.54) is 11.1 Å². The Hall–Kier alpha value is -2.40. The normalized spacial score (nSPS) is 12.8. The molecule has 5 heteroatoms. The van der Waals surface area contributed by atoms with Crippen molar-refractivity contribution in [1.82, 2.24) is 14.9 Å². The van der Waals surface area contributed by atoms with Crippen LogP contribution in [0.4, 0.5) is 0 Å². The summed E-state index contributed by atoms with van der Waals surface area (Å²) in [6.45, 7) is 7.79. The first-order chi connectivity index (χ1) is 12.0. The van der Waals surface area contributed by atoms with Crippen LogP contribution in [0.1, 0.15) is 37.9 Å². The highest BCUT2D eigenvalue weighted by Crippen LogP contribution is 2.15. The number of rotatable bonds is 7. The summed E-state index contributed by atoms with van der Waals surface area (Å²) < 4.78 is 6.77. The van der Waals surface area contributed by atoms with Crippen LogP contribution in [0.25, 0.3) is 11.2 Å². The quantitative estimate of drug-likeness (QED) is 0.715. The highest BCUT2D eigenvalue weighted by Gasteiger charge is 2.10. The van der Waals surface area contributed by atoms with Gasteiger partial charge in [-0.2, -0.15) is 0 Å². The van der Waals surface area contributed by atoms with Gasteiger partial charge in [0.2, 0.25) is 0 Å². The van der Waals surface area contributed by atoms with E-state index in [9.17, 15) is 4.79 Å². The van der Waals surface area contributed by atoms with Gasteiger partial charge < -0.3 is 9.73 Å². The summed E-state index contributed by atoms with van der Waals surface area (Å²) in [4.78, 5) is 16.2. The molecule has 0 radical (unpaired) electrons. The fourth-order valence-corrected chi connectivity index (χ4v) is 3.02. The van der Waals surface area contributed by atoms with E-state index in [-0.39, 0.29) is 11.8 Å². The second kappa shape index (κ2) is 7.66. The van der Waals surface area contributed by atoms with Gasteiger partial charge in [0.1, 0.15) is 0 Å². The monoisotopic (exact) mass is 339 g/mol. The van der Waals surface area contributed by atoms with Gasteiger partial charge in [-0.05, 0) is 42.5 Å². The molecule has 0 saturated carbocycles. The molecule has 25 heavy (non-hydrogen) atoms. The lowest BCUT2D eigenvalue weighted by Gasteiger charge is -2.15. The van der Waals surface area contributed by atoms with Crippen LogP contribution in [-0.4, -0.2) is 16.1 Å². The molecule has 0 aliphatic rings. The van der Waals surface area contributed by atoms with Crippen LogP contribution in [-0.2, 0) is 13.0 Å². The Kier molecular flexibility index (Phi) is 5.34. The van der Waals surface area contributed by atoms with Crippen LogP contribution in [0.2, 0.25) is 0 Å². The topological polar surface area (TPSA) is 60.1 Å². The molecule has 0 amide bonds. The molecule has 1 unspecified atom stereocenters. The molecule has 132 valence electrons. The van der Waals surface area contributed by atoms with Gasteiger partial charge in [-0.15, -0.1) is 0 Å². The Bertz CT molecular complexity index is 878. The fraction of sp³-hybridized carbons (Fsp3) is 0.400. The molecule has 3 rings (SSSR count). The van der Waals surface area contributed by atoms with E-state index in [1.807, 2.05) is 0 Å². The van der Waals surface area contributed by atoms with Crippen molar-refractivity contribution in [2.45, 2.75) is 39.8 Å². The van der Waals surface area contributed by atoms with Crippen molar-refractivity contribution < 1.29 is 4.42 Å². The second-order valence-corrected chi connectivity index (χ2v) is 6.86. The molecule has 0 saturated heterocycles. The lowest BCUT2D eigenvalue weighted by molar-refractivity contribution is 0.478. The zero-order chi connectivity index (χ0) is 17.8. The molecular weight excluding hydrogens is 314 g/mol.